The van der Waals surface area contributed by atoms with Gasteiger partial charge in [-0.1, -0.05) is 59.6 Å². The van der Waals surface area contributed by atoms with Crippen LogP contribution in [0, 0.1) is 0 Å². The van der Waals surface area contributed by atoms with E-state index in [2.05, 4.69) is 18.3 Å². The predicted octanol–water partition coefficient (Wildman–Crippen LogP) is 5.91. The van der Waals surface area contributed by atoms with E-state index in [1.807, 2.05) is 24.3 Å². The molecule has 20 heavy (non-hydrogen) atoms. The molecule has 0 aromatic heterocycles. The third-order valence-electron chi connectivity index (χ3n) is 2.75. The molecule has 0 spiro atoms. The predicted molar refractivity (Wildman–Crippen MR) is 89.4 cm³/mol. The van der Waals surface area contributed by atoms with Gasteiger partial charge in [0, 0.05) is 21.4 Å². The Labute approximate surface area is 138 Å². The molecule has 2 rings (SSSR count). The van der Waals surface area contributed by atoms with Crippen LogP contribution in [0.5, 0.6) is 0 Å². The van der Waals surface area contributed by atoms with Gasteiger partial charge in [-0.15, -0.1) is 0 Å². The topological polar surface area (TPSA) is 12.0 Å². The Hall–Kier alpha value is -0.380. The van der Waals surface area contributed by atoms with E-state index >= 15 is 0 Å². The lowest BCUT2D eigenvalue weighted by Gasteiger charge is -2.12. The highest BCUT2D eigenvalue weighted by Crippen LogP contribution is 2.36. The highest BCUT2D eigenvalue weighted by atomic mass is 35.5. The summed E-state index contributed by atoms with van der Waals surface area (Å²) in [7, 11) is 0. The molecule has 106 valence electrons. The molecule has 1 N–H and O–H groups in total. The van der Waals surface area contributed by atoms with Gasteiger partial charge in [-0.25, -0.2) is 0 Å². The van der Waals surface area contributed by atoms with Gasteiger partial charge >= 0.3 is 0 Å². The van der Waals surface area contributed by atoms with Gasteiger partial charge in [0.05, 0.1) is 10.0 Å². The first-order valence-corrected chi connectivity index (χ1v) is 8.18. The Bertz CT molecular complexity index is 602. The molecule has 5 heteroatoms. The van der Waals surface area contributed by atoms with E-state index < -0.39 is 0 Å². The molecule has 0 aliphatic rings. The van der Waals surface area contributed by atoms with E-state index in [9.17, 15) is 0 Å². The first-order valence-electron chi connectivity index (χ1n) is 6.23. The number of nitrogens with one attached hydrogen (secondary N) is 1. The molecule has 2 aromatic rings. The number of benzene rings is 2. The third kappa shape index (κ3) is 4.06. The van der Waals surface area contributed by atoms with Crippen molar-refractivity contribution in [3.63, 3.8) is 0 Å². The minimum atomic E-state index is 0.562. The summed E-state index contributed by atoms with van der Waals surface area (Å²) in [4.78, 5) is 2.16. The molecule has 0 unspecified atom stereocenters. The molecule has 0 radical (unpaired) electrons. The second kappa shape index (κ2) is 7.58. The van der Waals surface area contributed by atoms with Crippen molar-refractivity contribution < 1.29 is 0 Å². The molecule has 0 saturated heterocycles. The van der Waals surface area contributed by atoms with Gasteiger partial charge in [-0.3, -0.25) is 0 Å². The maximum absolute atomic E-state index is 6.29. The van der Waals surface area contributed by atoms with Gasteiger partial charge in [0.25, 0.3) is 0 Å². The zero-order valence-corrected chi connectivity index (χ0v) is 14.0. The van der Waals surface area contributed by atoms with Crippen molar-refractivity contribution in [3.05, 3.63) is 57.0 Å². The molecular formula is C15H14Cl3NS. The van der Waals surface area contributed by atoms with Gasteiger partial charge in [0.1, 0.15) is 0 Å². The van der Waals surface area contributed by atoms with Crippen LogP contribution in [0.15, 0.2) is 46.2 Å². The molecular weight excluding hydrogens is 333 g/mol. The monoisotopic (exact) mass is 345 g/mol. The molecule has 0 aliphatic heterocycles. The molecule has 0 atom stereocenters. The summed E-state index contributed by atoms with van der Waals surface area (Å²) in [6.07, 6.45) is 0. The SMILES string of the molecule is CCNCc1c(Cl)cccc1Sc1ccc(Cl)c(Cl)c1. The average molecular weight is 347 g/mol. The quantitative estimate of drug-likeness (QED) is 0.722. The van der Waals surface area contributed by atoms with E-state index in [0.717, 1.165) is 33.5 Å². The van der Waals surface area contributed by atoms with Crippen LogP contribution in [-0.2, 0) is 6.54 Å². The zero-order valence-electron chi connectivity index (χ0n) is 10.9. The number of rotatable bonds is 5. The summed E-state index contributed by atoms with van der Waals surface area (Å²) >= 11 is 19.9. The third-order valence-corrected chi connectivity index (χ3v) is 4.93. The largest absolute Gasteiger partial charge is 0.313 e. The lowest BCUT2D eigenvalue weighted by Crippen LogP contribution is -2.12. The van der Waals surface area contributed by atoms with Gasteiger partial charge < -0.3 is 5.32 Å². The van der Waals surface area contributed by atoms with E-state index in [0.29, 0.717) is 10.0 Å². The van der Waals surface area contributed by atoms with Gasteiger partial charge in [0.15, 0.2) is 0 Å². The molecule has 1 nitrogen and oxygen atoms in total. The fourth-order valence-corrected chi connectivity index (χ4v) is 3.40. The second-order valence-corrected chi connectivity index (χ2v) is 6.51. The van der Waals surface area contributed by atoms with Crippen LogP contribution in [0.1, 0.15) is 12.5 Å². The highest BCUT2D eigenvalue weighted by Gasteiger charge is 2.09. The maximum Gasteiger partial charge on any atom is 0.0603 e. The smallest absolute Gasteiger partial charge is 0.0603 e. The number of halogens is 3. The van der Waals surface area contributed by atoms with Crippen molar-refractivity contribution in [2.24, 2.45) is 0 Å². The minimum absolute atomic E-state index is 0.562. The number of hydrogen-bond acceptors (Lipinski definition) is 2. The lowest BCUT2D eigenvalue weighted by atomic mass is 10.2. The molecule has 0 bridgehead atoms. The van der Waals surface area contributed by atoms with Crippen LogP contribution in [0.4, 0.5) is 0 Å². The molecule has 0 amide bonds. The fourth-order valence-electron chi connectivity index (χ4n) is 1.72. The summed E-state index contributed by atoms with van der Waals surface area (Å²) in [6, 6.07) is 11.6. The normalized spacial score (nSPS) is 10.8. The summed E-state index contributed by atoms with van der Waals surface area (Å²) in [5.41, 5.74) is 1.10. The maximum atomic E-state index is 6.29. The second-order valence-electron chi connectivity index (χ2n) is 4.17. The Morgan fingerprint density at radius 1 is 1.00 bits per heavy atom. The molecule has 0 fully saturated rings. The number of hydrogen-bond donors (Lipinski definition) is 1. The van der Waals surface area contributed by atoms with Crippen molar-refractivity contribution in [1.29, 1.82) is 0 Å². The van der Waals surface area contributed by atoms with Crippen LogP contribution < -0.4 is 5.32 Å². The molecule has 0 saturated carbocycles. The van der Waals surface area contributed by atoms with E-state index in [1.54, 1.807) is 17.8 Å². The Kier molecular flexibility index (Phi) is 6.06. The van der Waals surface area contributed by atoms with Crippen molar-refractivity contribution in [1.82, 2.24) is 5.32 Å². The van der Waals surface area contributed by atoms with Crippen LogP contribution >= 0.6 is 46.6 Å². The van der Waals surface area contributed by atoms with Crippen LogP contribution in [0.3, 0.4) is 0 Å². The van der Waals surface area contributed by atoms with Gasteiger partial charge in [-0.05, 0) is 42.4 Å². The highest BCUT2D eigenvalue weighted by molar-refractivity contribution is 7.99. The summed E-state index contributed by atoms with van der Waals surface area (Å²) in [5, 5.41) is 5.21. The lowest BCUT2D eigenvalue weighted by molar-refractivity contribution is 0.718. The van der Waals surface area contributed by atoms with Gasteiger partial charge in [0.2, 0.25) is 0 Å². The Balaban J connectivity index is 2.28. The van der Waals surface area contributed by atoms with Crippen molar-refractivity contribution in [2.75, 3.05) is 6.54 Å². The summed E-state index contributed by atoms with van der Waals surface area (Å²) < 4.78 is 0. The Morgan fingerprint density at radius 3 is 2.50 bits per heavy atom. The van der Waals surface area contributed by atoms with E-state index in [-0.39, 0.29) is 0 Å². The summed E-state index contributed by atoms with van der Waals surface area (Å²) in [5.74, 6) is 0. The standard InChI is InChI=1S/C15H14Cl3NS/c1-2-19-9-11-12(16)4-3-5-15(11)20-10-6-7-13(17)14(18)8-10/h3-8,19H,2,9H2,1H3. The van der Waals surface area contributed by atoms with E-state index in [1.165, 1.54) is 0 Å². The van der Waals surface area contributed by atoms with Crippen molar-refractivity contribution in [2.45, 2.75) is 23.3 Å². The first-order chi connectivity index (χ1) is 9.61. The van der Waals surface area contributed by atoms with Crippen LogP contribution in [0.25, 0.3) is 0 Å². The average Bonchev–Trinajstić information content (AvgIpc) is 2.42. The zero-order chi connectivity index (χ0) is 14.5. The fraction of sp³-hybridized carbons (Fsp3) is 0.200. The van der Waals surface area contributed by atoms with Crippen molar-refractivity contribution in [3.8, 4) is 0 Å². The minimum Gasteiger partial charge on any atom is -0.313 e. The Morgan fingerprint density at radius 2 is 1.80 bits per heavy atom. The van der Waals surface area contributed by atoms with Gasteiger partial charge in [-0.2, -0.15) is 0 Å². The van der Waals surface area contributed by atoms with Crippen molar-refractivity contribution >= 4 is 46.6 Å². The molecule has 0 heterocycles. The van der Waals surface area contributed by atoms with E-state index in [4.69, 9.17) is 34.8 Å². The summed E-state index contributed by atoms with van der Waals surface area (Å²) in [6.45, 7) is 3.73. The molecule has 2 aromatic carbocycles. The first kappa shape index (κ1) is 16.0. The molecule has 0 aliphatic carbocycles. The van der Waals surface area contributed by atoms with Crippen LogP contribution in [0.2, 0.25) is 15.1 Å². The van der Waals surface area contributed by atoms with Crippen LogP contribution in [-0.4, -0.2) is 6.54 Å².